The van der Waals surface area contributed by atoms with Crippen LogP contribution in [-0.4, -0.2) is 62.3 Å². The molecule has 0 radical (unpaired) electrons. The Hall–Kier alpha value is -2.71. The third-order valence-corrected chi connectivity index (χ3v) is 6.85. The molecule has 0 N–H and O–H groups in total. The lowest BCUT2D eigenvalue weighted by atomic mass is 10.1. The number of piperazine rings is 1. The van der Waals surface area contributed by atoms with Gasteiger partial charge in [0.2, 0.25) is 10.0 Å². The lowest BCUT2D eigenvalue weighted by Gasteiger charge is -2.33. The molecule has 0 saturated carbocycles. The van der Waals surface area contributed by atoms with E-state index in [2.05, 4.69) is 0 Å². The van der Waals surface area contributed by atoms with E-state index in [1.807, 2.05) is 49.4 Å². The first-order valence-electron chi connectivity index (χ1n) is 9.84. The number of esters is 1. The first-order valence-corrected chi connectivity index (χ1v) is 11.4. The van der Waals surface area contributed by atoms with Crippen LogP contribution in [0.15, 0.2) is 54.6 Å². The number of carbonyl (C=O) groups is 2. The average Bonchev–Trinajstić information content (AvgIpc) is 2.74. The fourth-order valence-electron chi connectivity index (χ4n) is 3.25. The Morgan fingerprint density at radius 3 is 2.17 bits per heavy atom. The van der Waals surface area contributed by atoms with Gasteiger partial charge in [-0.2, -0.15) is 4.31 Å². The highest BCUT2D eigenvalue weighted by Crippen LogP contribution is 2.14. The Morgan fingerprint density at radius 1 is 0.900 bits per heavy atom. The molecule has 1 saturated heterocycles. The van der Waals surface area contributed by atoms with Gasteiger partial charge in [-0.1, -0.05) is 60.2 Å². The van der Waals surface area contributed by atoms with E-state index in [0.29, 0.717) is 0 Å². The van der Waals surface area contributed by atoms with Crippen LogP contribution in [0.25, 0.3) is 0 Å². The van der Waals surface area contributed by atoms with Crippen molar-refractivity contribution in [1.29, 1.82) is 0 Å². The number of hydrogen-bond acceptors (Lipinski definition) is 5. The number of nitrogens with zero attached hydrogens (tertiary/aromatic N) is 2. The number of amides is 1. The molecule has 160 valence electrons. The maximum absolute atomic E-state index is 12.6. The predicted molar refractivity (Wildman–Crippen MR) is 113 cm³/mol. The van der Waals surface area contributed by atoms with Gasteiger partial charge in [0.1, 0.15) is 0 Å². The van der Waals surface area contributed by atoms with Gasteiger partial charge in [0.05, 0.1) is 12.2 Å². The summed E-state index contributed by atoms with van der Waals surface area (Å²) in [7, 11) is -3.44. The quantitative estimate of drug-likeness (QED) is 0.625. The summed E-state index contributed by atoms with van der Waals surface area (Å²) in [6, 6.07) is 16.6. The molecule has 3 rings (SSSR count). The number of hydrogen-bond donors (Lipinski definition) is 0. The van der Waals surface area contributed by atoms with Crippen LogP contribution < -0.4 is 0 Å². The lowest BCUT2D eigenvalue weighted by Crippen LogP contribution is -2.51. The van der Waals surface area contributed by atoms with Crippen LogP contribution in [0.4, 0.5) is 0 Å². The first kappa shape index (κ1) is 22.0. The van der Waals surface area contributed by atoms with Crippen molar-refractivity contribution < 1.29 is 22.7 Å². The fraction of sp³-hybridized carbons (Fsp3) is 0.364. The Labute approximate surface area is 177 Å². The Bertz CT molecular complexity index is 966. The Balaban J connectivity index is 1.43. The van der Waals surface area contributed by atoms with Gasteiger partial charge in [0, 0.05) is 26.2 Å². The molecule has 2 aromatic rings. The van der Waals surface area contributed by atoms with Crippen molar-refractivity contribution >= 4 is 21.9 Å². The third kappa shape index (κ3) is 6.14. The summed E-state index contributed by atoms with van der Waals surface area (Å²) in [6.45, 7) is 2.66. The molecule has 0 atom stereocenters. The second-order valence-electron chi connectivity index (χ2n) is 7.34. The largest absolute Gasteiger partial charge is 0.455 e. The number of rotatable bonds is 7. The van der Waals surface area contributed by atoms with Crippen molar-refractivity contribution in [3.63, 3.8) is 0 Å². The van der Waals surface area contributed by atoms with E-state index in [4.69, 9.17) is 4.74 Å². The van der Waals surface area contributed by atoms with Crippen LogP contribution in [0.3, 0.4) is 0 Å². The summed E-state index contributed by atoms with van der Waals surface area (Å²) >= 11 is 0. The SMILES string of the molecule is Cc1ccc(CC(=O)OCC(=O)N2CCN(S(=O)(=O)Cc3ccccc3)CC2)cc1. The lowest BCUT2D eigenvalue weighted by molar-refractivity contribution is -0.152. The first-order chi connectivity index (χ1) is 14.3. The van der Waals surface area contributed by atoms with Gasteiger partial charge >= 0.3 is 5.97 Å². The van der Waals surface area contributed by atoms with Crippen LogP contribution in [0.1, 0.15) is 16.7 Å². The van der Waals surface area contributed by atoms with E-state index in [1.54, 1.807) is 12.1 Å². The van der Waals surface area contributed by atoms with E-state index in [-0.39, 0.29) is 50.9 Å². The van der Waals surface area contributed by atoms with Gasteiger partial charge in [0.25, 0.3) is 5.91 Å². The minimum atomic E-state index is -3.44. The van der Waals surface area contributed by atoms with E-state index in [0.717, 1.165) is 16.7 Å². The van der Waals surface area contributed by atoms with E-state index in [1.165, 1.54) is 9.21 Å². The summed E-state index contributed by atoms with van der Waals surface area (Å²) in [4.78, 5) is 25.8. The van der Waals surface area contributed by atoms with Crippen LogP contribution in [0.5, 0.6) is 0 Å². The van der Waals surface area contributed by atoms with E-state index < -0.39 is 16.0 Å². The Morgan fingerprint density at radius 2 is 1.53 bits per heavy atom. The zero-order chi connectivity index (χ0) is 21.6. The molecule has 0 aliphatic carbocycles. The number of ether oxygens (including phenoxy) is 1. The average molecular weight is 431 g/mol. The molecule has 7 nitrogen and oxygen atoms in total. The van der Waals surface area contributed by atoms with Gasteiger partial charge < -0.3 is 9.64 Å². The molecular weight excluding hydrogens is 404 g/mol. The number of carbonyl (C=O) groups excluding carboxylic acids is 2. The summed E-state index contributed by atoms with van der Waals surface area (Å²) in [5, 5.41) is 0. The van der Waals surface area contributed by atoms with E-state index >= 15 is 0 Å². The molecule has 30 heavy (non-hydrogen) atoms. The molecule has 1 fully saturated rings. The maximum Gasteiger partial charge on any atom is 0.310 e. The van der Waals surface area contributed by atoms with Crippen molar-refractivity contribution in [2.24, 2.45) is 0 Å². The Kier molecular flexibility index (Phi) is 7.23. The number of aryl methyl sites for hydroxylation is 1. The predicted octanol–water partition coefficient (Wildman–Crippen LogP) is 1.75. The van der Waals surface area contributed by atoms with Crippen LogP contribution >= 0.6 is 0 Å². The second kappa shape index (κ2) is 9.86. The summed E-state index contributed by atoms with van der Waals surface area (Å²) < 4.78 is 31.7. The summed E-state index contributed by atoms with van der Waals surface area (Å²) in [6.07, 6.45) is 0.110. The monoisotopic (exact) mass is 430 g/mol. The van der Waals surface area contributed by atoms with Crippen LogP contribution in [-0.2, 0) is 36.5 Å². The van der Waals surface area contributed by atoms with Crippen molar-refractivity contribution in [2.45, 2.75) is 19.1 Å². The van der Waals surface area contributed by atoms with Crippen LogP contribution in [0.2, 0.25) is 0 Å². The number of benzene rings is 2. The molecule has 1 amide bonds. The van der Waals surface area contributed by atoms with Crippen molar-refractivity contribution in [3.05, 3.63) is 71.3 Å². The van der Waals surface area contributed by atoms with Crippen molar-refractivity contribution in [2.75, 3.05) is 32.8 Å². The highest BCUT2D eigenvalue weighted by atomic mass is 32.2. The maximum atomic E-state index is 12.6. The van der Waals surface area contributed by atoms with Crippen molar-refractivity contribution in [3.8, 4) is 0 Å². The molecule has 0 unspecified atom stereocenters. The van der Waals surface area contributed by atoms with Crippen molar-refractivity contribution in [1.82, 2.24) is 9.21 Å². The minimum Gasteiger partial charge on any atom is -0.455 e. The minimum absolute atomic E-state index is 0.0571. The van der Waals surface area contributed by atoms with Gasteiger partial charge in [-0.3, -0.25) is 9.59 Å². The molecule has 0 bridgehead atoms. The smallest absolute Gasteiger partial charge is 0.310 e. The van der Waals surface area contributed by atoms with Gasteiger partial charge in [-0.05, 0) is 18.1 Å². The molecule has 0 spiro atoms. The standard InChI is InChI=1S/C22H26N2O5S/c1-18-7-9-19(10-8-18)15-22(26)29-16-21(25)23-11-13-24(14-12-23)30(27,28)17-20-5-3-2-4-6-20/h2-10H,11-17H2,1H3. The fourth-order valence-corrected chi connectivity index (χ4v) is 4.76. The molecular formula is C22H26N2O5S. The molecule has 1 aliphatic heterocycles. The highest BCUT2D eigenvalue weighted by Gasteiger charge is 2.29. The molecule has 2 aromatic carbocycles. The second-order valence-corrected chi connectivity index (χ2v) is 9.31. The van der Waals surface area contributed by atoms with E-state index in [9.17, 15) is 18.0 Å². The zero-order valence-electron chi connectivity index (χ0n) is 17.0. The topological polar surface area (TPSA) is 84.0 Å². The molecule has 8 heteroatoms. The molecule has 1 aliphatic rings. The number of sulfonamides is 1. The molecule has 1 heterocycles. The van der Waals surface area contributed by atoms with Crippen LogP contribution in [0, 0.1) is 6.92 Å². The van der Waals surface area contributed by atoms with Gasteiger partial charge in [-0.25, -0.2) is 8.42 Å². The van der Waals surface area contributed by atoms with Gasteiger partial charge in [-0.15, -0.1) is 0 Å². The summed E-state index contributed by atoms with van der Waals surface area (Å²) in [5.41, 5.74) is 2.67. The summed E-state index contributed by atoms with van der Waals surface area (Å²) in [5.74, 6) is -0.832. The normalized spacial score (nSPS) is 15.0. The zero-order valence-corrected chi connectivity index (χ0v) is 17.8. The highest BCUT2D eigenvalue weighted by molar-refractivity contribution is 7.88. The molecule has 0 aromatic heterocycles. The third-order valence-electron chi connectivity index (χ3n) is 5.00. The van der Waals surface area contributed by atoms with Gasteiger partial charge in [0.15, 0.2) is 6.61 Å².